The van der Waals surface area contributed by atoms with Crippen molar-refractivity contribution in [2.75, 3.05) is 38.1 Å². The molecule has 0 radical (unpaired) electrons. The van der Waals surface area contributed by atoms with Crippen LogP contribution in [0.2, 0.25) is 0 Å². The molecular weight excluding hydrogens is 348 g/mol. The van der Waals surface area contributed by atoms with E-state index in [1.807, 2.05) is 12.1 Å². The molecule has 0 aliphatic carbocycles. The van der Waals surface area contributed by atoms with Crippen molar-refractivity contribution in [3.05, 3.63) is 41.5 Å². The molecule has 1 heterocycles. The topological polar surface area (TPSA) is 77.1 Å². The van der Waals surface area contributed by atoms with Crippen LogP contribution in [0.4, 0.5) is 11.4 Å². The van der Waals surface area contributed by atoms with Gasteiger partial charge in [0.25, 0.3) is 5.91 Å². The van der Waals surface area contributed by atoms with Gasteiger partial charge in [0.15, 0.2) is 11.5 Å². The summed E-state index contributed by atoms with van der Waals surface area (Å²) < 4.78 is 15.9. The number of carbonyl (C=O) groups is 2. The highest BCUT2D eigenvalue weighted by Crippen LogP contribution is 2.40. The van der Waals surface area contributed by atoms with Gasteiger partial charge in [-0.1, -0.05) is 0 Å². The van der Waals surface area contributed by atoms with Gasteiger partial charge in [-0.3, -0.25) is 9.59 Å². The molecule has 1 N–H and O–H groups in total. The summed E-state index contributed by atoms with van der Waals surface area (Å²) >= 11 is 0. The fraction of sp³-hybridized carbons (Fsp3) is 0.300. The van der Waals surface area contributed by atoms with Crippen LogP contribution in [-0.2, 0) is 11.2 Å². The number of amides is 2. The molecule has 1 aliphatic rings. The molecule has 7 heteroatoms. The first-order chi connectivity index (χ1) is 13.0. The Morgan fingerprint density at radius 2 is 1.74 bits per heavy atom. The van der Waals surface area contributed by atoms with Gasteiger partial charge in [-0.05, 0) is 42.3 Å². The average molecular weight is 370 g/mol. The lowest BCUT2D eigenvalue weighted by molar-refractivity contribution is -0.116. The van der Waals surface area contributed by atoms with Crippen LogP contribution in [0, 0.1) is 0 Å². The zero-order chi connectivity index (χ0) is 19.6. The predicted octanol–water partition coefficient (Wildman–Crippen LogP) is 2.87. The number of hydrogen-bond donors (Lipinski definition) is 1. The minimum absolute atomic E-state index is 0.0144. The van der Waals surface area contributed by atoms with Crippen molar-refractivity contribution in [1.82, 2.24) is 0 Å². The number of methoxy groups -OCH3 is 3. The van der Waals surface area contributed by atoms with Crippen molar-refractivity contribution < 1.29 is 23.8 Å². The molecule has 7 nitrogen and oxygen atoms in total. The Hall–Kier alpha value is -3.22. The Bertz CT molecular complexity index is 894. The molecule has 3 rings (SSSR count). The largest absolute Gasteiger partial charge is 0.493 e. The van der Waals surface area contributed by atoms with Gasteiger partial charge in [0.2, 0.25) is 11.7 Å². The number of rotatable bonds is 5. The third kappa shape index (κ3) is 3.40. The first-order valence-electron chi connectivity index (χ1n) is 8.51. The van der Waals surface area contributed by atoms with E-state index in [2.05, 4.69) is 5.32 Å². The SMILES string of the molecule is COc1ccc(C(=O)Nc2ccc3c(c2)CCN3C(C)=O)c(OC)c1OC. The molecule has 0 atom stereocenters. The highest BCUT2D eigenvalue weighted by Gasteiger charge is 2.24. The molecule has 0 fully saturated rings. The molecule has 2 aromatic carbocycles. The lowest BCUT2D eigenvalue weighted by Crippen LogP contribution is -2.25. The van der Waals surface area contributed by atoms with Crippen LogP contribution in [0.1, 0.15) is 22.8 Å². The lowest BCUT2D eigenvalue weighted by atomic mass is 10.1. The Balaban J connectivity index is 1.87. The molecule has 27 heavy (non-hydrogen) atoms. The lowest BCUT2D eigenvalue weighted by Gasteiger charge is -2.16. The van der Waals surface area contributed by atoms with Crippen LogP contribution in [0.5, 0.6) is 17.2 Å². The molecule has 0 saturated carbocycles. The van der Waals surface area contributed by atoms with Crippen molar-refractivity contribution in [3.8, 4) is 17.2 Å². The molecule has 0 saturated heterocycles. The van der Waals surface area contributed by atoms with Crippen molar-refractivity contribution >= 4 is 23.2 Å². The molecular formula is C20H22N2O5. The summed E-state index contributed by atoms with van der Waals surface area (Å²) in [5.41, 5.74) is 2.91. The van der Waals surface area contributed by atoms with E-state index in [4.69, 9.17) is 14.2 Å². The van der Waals surface area contributed by atoms with Gasteiger partial charge in [-0.25, -0.2) is 0 Å². The summed E-state index contributed by atoms with van der Waals surface area (Å²) in [5, 5.41) is 2.88. The van der Waals surface area contributed by atoms with E-state index in [1.165, 1.54) is 21.3 Å². The normalized spacial score (nSPS) is 12.4. The van der Waals surface area contributed by atoms with Gasteiger partial charge < -0.3 is 24.4 Å². The van der Waals surface area contributed by atoms with E-state index < -0.39 is 0 Å². The highest BCUT2D eigenvalue weighted by molar-refractivity contribution is 6.07. The van der Waals surface area contributed by atoms with Crippen molar-refractivity contribution in [3.63, 3.8) is 0 Å². The molecule has 1 aliphatic heterocycles. The van der Waals surface area contributed by atoms with Gasteiger partial charge in [0.1, 0.15) is 0 Å². The zero-order valence-electron chi connectivity index (χ0n) is 15.8. The van der Waals surface area contributed by atoms with Crippen molar-refractivity contribution in [1.29, 1.82) is 0 Å². The Morgan fingerprint density at radius 1 is 1.00 bits per heavy atom. The second-order valence-electron chi connectivity index (χ2n) is 6.10. The van der Waals surface area contributed by atoms with Crippen molar-refractivity contribution in [2.45, 2.75) is 13.3 Å². The molecule has 0 bridgehead atoms. The van der Waals surface area contributed by atoms with Crippen LogP contribution in [-0.4, -0.2) is 39.7 Å². The standard InChI is InChI=1S/C20H22N2O5/c1-12(23)22-10-9-13-11-14(5-7-16(13)22)21-20(24)15-6-8-17(25-2)19(27-4)18(15)26-3/h5-8,11H,9-10H2,1-4H3,(H,21,24). The fourth-order valence-electron chi connectivity index (χ4n) is 3.29. The Kier molecular flexibility index (Phi) is 5.21. The maximum absolute atomic E-state index is 12.8. The number of hydrogen-bond acceptors (Lipinski definition) is 5. The predicted molar refractivity (Wildman–Crippen MR) is 102 cm³/mol. The second kappa shape index (κ2) is 7.57. The third-order valence-electron chi connectivity index (χ3n) is 4.56. The number of carbonyl (C=O) groups excluding carboxylic acids is 2. The number of fused-ring (bicyclic) bond motifs is 1. The van der Waals surface area contributed by atoms with Gasteiger partial charge in [-0.15, -0.1) is 0 Å². The molecule has 0 spiro atoms. The van der Waals surface area contributed by atoms with E-state index in [-0.39, 0.29) is 11.8 Å². The summed E-state index contributed by atoms with van der Waals surface area (Å²) in [6, 6.07) is 8.81. The van der Waals surface area contributed by atoms with Gasteiger partial charge in [0.05, 0.1) is 26.9 Å². The summed E-state index contributed by atoms with van der Waals surface area (Å²) in [6.45, 7) is 2.21. The summed E-state index contributed by atoms with van der Waals surface area (Å²) in [5.74, 6) is 0.833. The van der Waals surface area contributed by atoms with Crippen LogP contribution >= 0.6 is 0 Å². The molecule has 142 valence electrons. The molecule has 2 aromatic rings. The highest BCUT2D eigenvalue weighted by atomic mass is 16.5. The van der Waals surface area contributed by atoms with Crippen molar-refractivity contribution in [2.24, 2.45) is 0 Å². The van der Waals surface area contributed by atoms with E-state index >= 15 is 0 Å². The Morgan fingerprint density at radius 3 is 2.37 bits per heavy atom. The minimum Gasteiger partial charge on any atom is -0.493 e. The van der Waals surface area contributed by atoms with E-state index in [0.717, 1.165) is 17.7 Å². The van der Waals surface area contributed by atoms with Gasteiger partial charge >= 0.3 is 0 Å². The van der Waals surface area contributed by atoms with Crippen LogP contribution in [0.3, 0.4) is 0 Å². The number of anilines is 2. The van der Waals surface area contributed by atoms with Gasteiger partial charge in [0, 0.05) is 24.8 Å². The van der Waals surface area contributed by atoms with E-state index in [0.29, 0.717) is 35.0 Å². The number of ether oxygens (including phenoxy) is 3. The third-order valence-corrected chi connectivity index (χ3v) is 4.56. The quantitative estimate of drug-likeness (QED) is 0.876. The summed E-state index contributed by atoms with van der Waals surface area (Å²) in [4.78, 5) is 26.2. The second-order valence-corrected chi connectivity index (χ2v) is 6.10. The molecule has 0 aromatic heterocycles. The van der Waals surface area contributed by atoms with Crippen LogP contribution in [0.15, 0.2) is 30.3 Å². The monoisotopic (exact) mass is 370 g/mol. The zero-order valence-corrected chi connectivity index (χ0v) is 15.8. The average Bonchev–Trinajstić information content (AvgIpc) is 3.09. The Labute approximate surface area is 157 Å². The number of benzene rings is 2. The maximum atomic E-state index is 12.8. The summed E-state index contributed by atoms with van der Waals surface area (Å²) in [6.07, 6.45) is 0.762. The van der Waals surface area contributed by atoms with E-state index in [9.17, 15) is 9.59 Å². The molecule has 0 unspecified atom stereocenters. The smallest absolute Gasteiger partial charge is 0.259 e. The minimum atomic E-state index is -0.325. The fourth-order valence-corrected chi connectivity index (χ4v) is 3.29. The van der Waals surface area contributed by atoms with Crippen LogP contribution in [0.25, 0.3) is 0 Å². The summed E-state index contributed by atoms with van der Waals surface area (Å²) in [7, 11) is 4.48. The van der Waals surface area contributed by atoms with Crippen LogP contribution < -0.4 is 24.4 Å². The number of nitrogens with zero attached hydrogens (tertiary/aromatic N) is 1. The first-order valence-corrected chi connectivity index (χ1v) is 8.51. The maximum Gasteiger partial charge on any atom is 0.259 e. The first kappa shape index (κ1) is 18.6. The molecule has 2 amide bonds. The van der Waals surface area contributed by atoms with Gasteiger partial charge in [-0.2, -0.15) is 0 Å². The van der Waals surface area contributed by atoms with E-state index in [1.54, 1.807) is 30.0 Å². The number of nitrogens with one attached hydrogen (secondary N) is 1.